The second kappa shape index (κ2) is 21.0. The number of pyridine rings is 1. The van der Waals surface area contributed by atoms with E-state index in [9.17, 15) is 33.6 Å². The number of carbonyl (C=O) groups is 6. The second-order valence-corrected chi connectivity index (χ2v) is 15.2. The van der Waals surface area contributed by atoms with Crippen LogP contribution < -0.4 is 32.6 Å². The zero-order chi connectivity index (χ0) is 37.4. The van der Waals surface area contributed by atoms with Gasteiger partial charge in [-0.05, 0) is 44.6 Å². The summed E-state index contributed by atoms with van der Waals surface area (Å²) in [6.07, 6.45) is 14.6. The highest BCUT2D eigenvalue weighted by atomic mass is 32.2. The lowest BCUT2D eigenvalue weighted by Crippen LogP contribution is -2.50. The van der Waals surface area contributed by atoms with E-state index in [-0.39, 0.29) is 54.2 Å². The van der Waals surface area contributed by atoms with Crippen LogP contribution in [-0.2, 0) is 42.5 Å². The lowest BCUT2D eigenvalue weighted by Gasteiger charge is -2.22. The summed E-state index contributed by atoms with van der Waals surface area (Å²) in [6, 6.07) is -0.160. The molecule has 14 heteroatoms. The lowest BCUT2D eigenvalue weighted by molar-refractivity contribution is -0.131. The van der Waals surface area contributed by atoms with Crippen LogP contribution in [0, 0.1) is 0 Å². The van der Waals surface area contributed by atoms with E-state index in [0.717, 1.165) is 43.9 Å². The average molecular weight is 731 g/mol. The first-order valence-corrected chi connectivity index (χ1v) is 19.7. The molecule has 1 spiro atoms. The maximum absolute atomic E-state index is 13.3. The van der Waals surface area contributed by atoms with Crippen LogP contribution in [0.25, 0.3) is 0 Å². The van der Waals surface area contributed by atoms with E-state index < -0.39 is 29.4 Å². The molecule has 1 aliphatic carbocycles. The zero-order valence-corrected chi connectivity index (χ0v) is 31.5. The van der Waals surface area contributed by atoms with Gasteiger partial charge in [-0.25, -0.2) is 0 Å². The number of fused-ring (bicyclic) bond motifs is 2. The smallest absolute Gasteiger partial charge is 0.254 e. The Labute approximate surface area is 305 Å². The van der Waals surface area contributed by atoms with Gasteiger partial charge in [-0.3, -0.25) is 33.6 Å². The standard InChI is InChI=1S/C37H58N6O7S/c1-4-5-6-7-8-9-10-11-12-13-14-15-31(46)41-28(23-30(38)45)35(49)40-25(2)16-17-29-34-27(37(18-19-37)42-36(34)50)22-32(47)43(29)24-33(48)51-21-20-39-26(3)44/h22,25,28H,4-21,23-24H2,1-3H3,(H2,38,45)(H,39,44)(H,40,49)(H,41,46)(H,42,50)/t25-,28+/m0/s1. The largest absolute Gasteiger partial charge is 0.370 e. The number of hydrogen-bond acceptors (Lipinski definition) is 8. The minimum absolute atomic E-state index is 0.204. The minimum Gasteiger partial charge on any atom is -0.370 e. The fourth-order valence-corrected chi connectivity index (χ4v) is 7.24. The molecule has 1 aliphatic heterocycles. The summed E-state index contributed by atoms with van der Waals surface area (Å²) in [5.74, 6) is -1.75. The number of carbonyl (C=O) groups excluding carboxylic acids is 6. The molecule has 2 atom stereocenters. The highest BCUT2D eigenvalue weighted by Crippen LogP contribution is 2.50. The third-order valence-corrected chi connectivity index (χ3v) is 10.4. The molecule has 1 aromatic rings. The number of aromatic nitrogens is 1. The van der Waals surface area contributed by atoms with Gasteiger partial charge in [-0.15, -0.1) is 0 Å². The number of nitrogens with one attached hydrogen (secondary N) is 4. The molecular weight excluding hydrogens is 673 g/mol. The fraction of sp³-hybridized carbons (Fsp3) is 0.703. The van der Waals surface area contributed by atoms with E-state index in [1.54, 1.807) is 6.92 Å². The van der Waals surface area contributed by atoms with Crippen LogP contribution in [0.4, 0.5) is 0 Å². The first-order valence-electron chi connectivity index (χ1n) is 18.7. The molecule has 51 heavy (non-hydrogen) atoms. The Morgan fingerprint density at radius 2 is 1.59 bits per heavy atom. The van der Waals surface area contributed by atoms with Gasteiger partial charge in [0.25, 0.3) is 11.5 Å². The van der Waals surface area contributed by atoms with Crippen LogP contribution in [0.1, 0.15) is 145 Å². The Balaban J connectivity index is 1.55. The summed E-state index contributed by atoms with van der Waals surface area (Å²) < 4.78 is 1.33. The van der Waals surface area contributed by atoms with Crippen molar-refractivity contribution >= 4 is 46.4 Å². The van der Waals surface area contributed by atoms with Crippen molar-refractivity contribution in [2.45, 2.75) is 154 Å². The van der Waals surface area contributed by atoms with Gasteiger partial charge in [0, 0.05) is 43.4 Å². The number of thioether (sulfide) groups is 1. The molecule has 2 aliphatic rings. The third-order valence-electron chi connectivity index (χ3n) is 9.56. The normalized spacial score (nSPS) is 15.1. The Morgan fingerprint density at radius 1 is 0.961 bits per heavy atom. The van der Waals surface area contributed by atoms with Crippen LogP contribution in [0.3, 0.4) is 0 Å². The number of unbranched alkanes of at least 4 members (excludes halogenated alkanes) is 10. The van der Waals surface area contributed by atoms with Gasteiger partial charge in [0.05, 0.1) is 24.1 Å². The summed E-state index contributed by atoms with van der Waals surface area (Å²) in [7, 11) is 0. The first kappa shape index (κ1) is 41.7. The number of amides is 5. The topological polar surface area (TPSA) is 199 Å². The van der Waals surface area contributed by atoms with Crippen molar-refractivity contribution in [1.82, 2.24) is 25.8 Å². The van der Waals surface area contributed by atoms with Gasteiger partial charge in [0.2, 0.25) is 28.7 Å². The molecule has 1 saturated carbocycles. The molecule has 0 unspecified atom stereocenters. The van der Waals surface area contributed by atoms with E-state index in [1.165, 1.54) is 62.5 Å². The molecule has 1 aromatic heterocycles. The number of nitrogens with two attached hydrogens (primary N) is 1. The lowest BCUT2D eigenvalue weighted by atomic mass is 9.98. The monoisotopic (exact) mass is 730 g/mol. The van der Waals surface area contributed by atoms with Gasteiger partial charge in [0.1, 0.15) is 6.04 Å². The Bertz CT molecular complexity index is 1460. The zero-order valence-electron chi connectivity index (χ0n) is 30.7. The van der Waals surface area contributed by atoms with E-state index >= 15 is 0 Å². The van der Waals surface area contributed by atoms with Crippen LogP contribution in [0.15, 0.2) is 10.9 Å². The summed E-state index contributed by atoms with van der Waals surface area (Å²) >= 11 is 0.992. The number of primary amides is 1. The molecule has 0 radical (unpaired) electrons. The summed E-state index contributed by atoms with van der Waals surface area (Å²) in [5, 5.41) is 10.9. The number of nitrogens with zero attached hydrogens (tertiary/aromatic N) is 1. The van der Waals surface area contributed by atoms with E-state index in [4.69, 9.17) is 5.73 Å². The molecule has 1 fully saturated rings. The van der Waals surface area contributed by atoms with Crippen LogP contribution in [0.5, 0.6) is 0 Å². The van der Waals surface area contributed by atoms with Crippen molar-refractivity contribution in [3.63, 3.8) is 0 Å². The molecular formula is C37H58N6O7S. The Kier molecular flexibility index (Phi) is 17.2. The van der Waals surface area contributed by atoms with Crippen molar-refractivity contribution < 1.29 is 28.8 Å². The third kappa shape index (κ3) is 13.8. The van der Waals surface area contributed by atoms with Gasteiger partial charge >= 0.3 is 0 Å². The molecule has 5 amide bonds. The Hall–Kier alpha value is -3.68. The number of hydrogen-bond donors (Lipinski definition) is 5. The van der Waals surface area contributed by atoms with Crippen molar-refractivity contribution in [1.29, 1.82) is 0 Å². The molecule has 2 heterocycles. The molecule has 3 rings (SSSR count). The predicted molar refractivity (Wildman–Crippen MR) is 198 cm³/mol. The van der Waals surface area contributed by atoms with Crippen LogP contribution >= 0.6 is 11.8 Å². The highest BCUT2D eigenvalue weighted by molar-refractivity contribution is 8.13. The van der Waals surface area contributed by atoms with E-state index in [1.807, 2.05) is 0 Å². The first-order chi connectivity index (χ1) is 24.4. The second-order valence-electron chi connectivity index (χ2n) is 14.1. The quantitative estimate of drug-likeness (QED) is 0.0943. The van der Waals surface area contributed by atoms with Gasteiger partial charge in [0.15, 0.2) is 0 Å². The van der Waals surface area contributed by atoms with Crippen molar-refractivity contribution in [3.8, 4) is 0 Å². The predicted octanol–water partition coefficient (Wildman–Crippen LogP) is 3.48. The SMILES string of the molecule is CCCCCCCCCCCCCC(=O)N[C@H](CC(N)=O)C(=O)N[C@@H](C)CCc1c2c(cc(=O)n1CC(=O)SCCNC(C)=O)C1(CC1)NC2=O. The number of rotatable bonds is 25. The maximum Gasteiger partial charge on any atom is 0.254 e. The van der Waals surface area contributed by atoms with E-state index in [0.29, 0.717) is 42.0 Å². The summed E-state index contributed by atoms with van der Waals surface area (Å²) in [4.78, 5) is 88.2. The molecule has 0 aromatic carbocycles. The van der Waals surface area contributed by atoms with Crippen molar-refractivity contribution in [3.05, 3.63) is 33.2 Å². The molecule has 13 nitrogen and oxygen atoms in total. The molecule has 0 bridgehead atoms. The molecule has 284 valence electrons. The minimum atomic E-state index is -1.13. The maximum atomic E-state index is 13.3. The summed E-state index contributed by atoms with van der Waals surface area (Å²) in [6.45, 7) is 5.41. The average Bonchev–Trinajstić information content (AvgIpc) is 3.79. The van der Waals surface area contributed by atoms with E-state index in [2.05, 4.69) is 28.2 Å². The summed E-state index contributed by atoms with van der Waals surface area (Å²) in [5.41, 5.74) is 5.95. The van der Waals surface area contributed by atoms with Gasteiger partial charge in [-0.2, -0.15) is 0 Å². The van der Waals surface area contributed by atoms with Crippen molar-refractivity contribution in [2.24, 2.45) is 5.73 Å². The molecule has 0 saturated heterocycles. The van der Waals surface area contributed by atoms with Gasteiger partial charge < -0.3 is 31.6 Å². The van der Waals surface area contributed by atoms with Crippen molar-refractivity contribution in [2.75, 3.05) is 12.3 Å². The Morgan fingerprint density at radius 3 is 2.18 bits per heavy atom. The highest BCUT2D eigenvalue weighted by Gasteiger charge is 2.53. The fourth-order valence-electron chi connectivity index (χ4n) is 6.59. The molecule has 6 N–H and O–H groups in total. The van der Waals surface area contributed by atoms with Crippen LogP contribution in [-0.4, -0.2) is 63.6 Å². The van der Waals surface area contributed by atoms with Gasteiger partial charge in [-0.1, -0.05) is 82.9 Å². The van der Waals surface area contributed by atoms with Crippen LogP contribution in [0.2, 0.25) is 0 Å².